The van der Waals surface area contributed by atoms with E-state index in [1.165, 1.54) is 29.2 Å². The van der Waals surface area contributed by atoms with E-state index in [1.807, 2.05) is 0 Å². The zero-order valence-corrected chi connectivity index (χ0v) is 12.3. The molecule has 126 valence electrons. The van der Waals surface area contributed by atoms with Crippen molar-refractivity contribution >= 4 is 17.5 Å². The van der Waals surface area contributed by atoms with Gasteiger partial charge in [-0.3, -0.25) is 9.59 Å². The fourth-order valence-electron chi connectivity index (χ4n) is 2.61. The van der Waals surface area contributed by atoms with Crippen molar-refractivity contribution in [3.8, 4) is 0 Å². The van der Waals surface area contributed by atoms with Crippen LogP contribution in [0.25, 0.3) is 0 Å². The van der Waals surface area contributed by atoms with Gasteiger partial charge in [-0.25, -0.2) is 0 Å². The second kappa shape index (κ2) is 6.99. The number of anilines is 1. The number of carbonyl (C=O) groups is 2. The lowest BCUT2D eigenvalue weighted by atomic mass is 10.1. The number of rotatable bonds is 3. The summed E-state index contributed by atoms with van der Waals surface area (Å²) in [7, 11) is 0. The van der Waals surface area contributed by atoms with Crippen LogP contribution in [0.15, 0.2) is 24.3 Å². The first kappa shape index (κ1) is 17.3. The number of aliphatic hydroxyl groups excluding tert-OH is 1. The molecule has 1 aliphatic heterocycles. The number of likely N-dealkylation sites (tertiary alicyclic amines) is 1. The standard InChI is InChI=1S/C15H17F3N2O3/c16-15(17,18)8-10-4-1-2-6-12(10)19-13(22)14(23)20-7-3-5-11(20)9-21/h1-2,4,6,11,21H,3,5,7-9H2,(H,19,22). The van der Waals surface area contributed by atoms with Crippen molar-refractivity contribution in [3.05, 3.63) is 29.8 Å². The number of nitrogens with zero attached hydrogens (tertiary/aromatic N) is 1. The van der Waals surface area contributed by atoms with Crippen LogP contribution < -0.4 is 5.32 Å². The summed E-state index contributed by atoms with van der Waals surface area (Å²) in [4.78, 5) is 25.4. The summed E-state index contributed by atoms with van der Waals surface area (Å²) in [6.07, 6.45) is -4.34. The fourth-order valence-corrected chi connectivity index (χ4v) is 2.61. The lowest BCUT2D eigenvalue weighted by Gasteiger charge is -2.22. The number of para-hydroxylation sites is 1. The minimum absolute atomic E-state index is 0.0390. The highest BCUT2D eigenvalue weighted by atomic mass is 19.4. The van der Waals surface area contributed by atoms with E-state index >= 15 is 0 Å². The molecule has 1 unspecified atom stereocenters. The molecule has 1 fully saturated rings. The van der Waals surface area contributed by atoms with Gasteiger partial charge in [0.05, 0.1) is 19.1 Å². The van der Waals surface area contributed by atoms with Crippen LogP contribution in [0.2, 0.25) is 0 Å². The molecular formula is C15H17F3N2O3. The number of hydrogen-bond donors (Lipinski definition) is 2. The zero-order chi connectivity index (χ0) is 17.0. The molecule has 2 N–H and O–H groups in total. The van der Waals surface area contributed by atoms with Gasteiger partial charge in [0, 0.05) is 12.2 Å². The van der Waals surface area contributed by atoms with Gasteiger partial charge in [0.25, 0.3) is 0 Å². The van der Waals surface area contributed by atoms with Crippen molar-refractivity contribution in [2.24, 2.45) is 0 Å². The summed E-state index contributed by atoms with van der Waals surface area (Å²) >= 11 is 0. The lowest BCUT2D eigenvalue weighted by molar-refractivity contribution is -0.144. The summed E-state index contributed by atoms with van der Waals surface area (Å²) in [5, 5.41) is 11.4. The Kier molecular flexibility index (Phi) is 5.25. The van der Waals surface area contributed by atoms with E-state index in [-0.39, 0.29) is 17.9 Å². The van der Waals surface area contributed by atoms with Crippen molar-refractivity contribution in [2.45, 2.75) is 31.5 Å². The summed E-state index contributed by atoms with van der Waals surface area (Å²) < 4.78 is 37.6. The van der Waals surface area contributed by atoms with Crippen molar-refractivity contribution < 1.29 is 27.9 Å². The molecule has 2 amide bonds. The van der Waals surface area contributed by atoms with Crippen molar-refractivity contribution in [1.82, 2.24) is 4.90 Å². The molecule has 23 heavy (non-hydrogen) atoms. The average molecular weight is 330 g/mol. The molecule has 0 spiro atoms. The Morgan fingerprint density at radius 3 is 2.65 bits per heavy atom. The minimum atomic E-state index is -4.41. The van der Waals surface area contributed by atoms with E-state index in [9.17, 15) is 27.9 Å². The van der Waals surface area contributed by atoms with Crippen LogP contribution in [0.3, 0.4) is 0 Å². The fraction of sp³-hybridized carbons (Fsp3) is 0.467. The van der Waals surface area contributed by atoms with Gasteiger partial charge in [0.2, 0.25) is 0 Å². The number of amides is 2. The number of halogens is 3. The highest BCUT2D eigenvalue weighted by molar-refractivity contribution is 6.39. The van der Waals surface area contributed by atoms with E-state index < -0.39 is 30.5 Å². The predicted octanol–water partition coefficient (Wildman–Crippen LogP) is 1.71. The normalized spacial score (nSPS) is 18.1. The third kappa shape index (κ3) is 4.44. The second-order valence-electron chi connectivity index (χ2n) is 5.38. The van der Waals surface area contributed by atoms with Crippen molar-refractivity contribution in [3.63, 3.8) is 0 Å². The van der Waals surface area contributed by atoms with Gasteiger partial charge in [-0.05, 0) is 24.5 Å². The molecule has 1 atom stereocenters. The lowest BCUT2D eigenvalue weighted by Crippen LogP contribution is -2.44. The molecule has 0 bridgehead atoms. The number of alkyl halides is 3. The monoisotopic (exact) mass is 330 g/mol. The number of nitrogens with one attached hydrogen (secondary N) is 1. The predicted molar refractivity (Wildman–Crippen MR) is 76.7 cm³/mol. The van der Waals surface area contributed by atoms with E-state index in [1.54, 1.807) is 0 Å². The Balaban J connectivity index is 2.10. The maximum absolute atomic E-state index is 12.5. The van der Waals surface area contributed by atoms with Crippen LogP contribution >= 0.6 is 0 Å². The minimum Gasteiger partial charge on any atom is -0.394 e. The summed E-state index contributed by atoms with van der Waals surface area (Å²) in [5.74, 6) is -1.84. The highest BCUT2D eigenvalue weighted by Gasteiger charge is 2.33. The molecule has 8 heteroatoms. The van der Waals surface area contributed by atoms with E-state index in [2.05, 4.69) is 5.32 Å². The van der Waals surface area contributed by atoms with Crippen molar-refractivity contribution in [1.29, 1.82) is 0 Å². The van der Waals surface area contributed by atoms with E-state index in [0.717, 1.165) is 0 Å². The third-order valence-corrected chi connectivity index (χ3v) is 3.70. The number of carbonyl (C=O) groups excluding carboxylic acids is 2. The molecule has 1 heterocycles. The van der Waals surface area contributed by atoms with E-state index in [4.69, 9.17) is 0 Å². The summed E-state index contributed by atoms with van der Waals surface area (Å²) in [6.45, 7) is 0.103. The van der Waals surface area contributed by atoms with Gasteiger partial charge >= 0.3 is 18.0 Å². The molecule has 0 aromatic heterocycles. The van der Waals surface area contributed by atoms with Gasteiger partial charge < -0.3 is 15.3 Å². The molecule has 0 saturated carbocycles. The van der Waals surface area contributed by atoms with Crippen LogP contribution in [0.4, 0.5) is 18.9 Å². The van der Waals surface area contributed by atoms with Gasteiger partial charge in [-0.2, -0.15) is 13.2 Å². The Hall–Kier alpha value is -2.09. The first-order valence-corrected chi connectivity index (χ1v) is 7.19. The Morgan fingerprint density at radius 2 is 2.00 bits per heavy atom. The van der Waals surface area contributed by atoms with Crippen LogP contribution in [0.1, 0.15) is 18.4 Å². The van der Waals surface area contributed by atoms with Gasteiger partial charge in [-0.1, -0.05) is 18.2 Å². The first-order valence-electron chi connectivity index (χ1n) is 7.19. The molecule has 2 rings (SSSR count). The van der Waals surface area contributed by atoms with Gasteiger partial charge in [0.15, 0.2) is 0 Å². The van der Waals surface area contributed by atoms with Crippen LogP contribution in [-0.4, -0.2) is 47.2 Å². The van der Waals surface area contributed by atoms with Crippen LogP contribution in [0.5, 0.6) is 0 Å². The molecule has 1 saturated heterocycles. The molecule has 1 aromatic rings. The maximum atomic E-state index is 12.5. The topological polar surface area (TPSA) is 69.6 Å². The second-order valence-corrected chi connectivity index (χ2v) is 5.38. The summed E-state index contributed by atoms with van der Waals surface area (Å²) in [5.41, 5.74) is -0.149. The molecule has 1 aliphatic rings. The number of aliphatic hydroxyl groups is 1. The SMILES string of the molecule is O=C(Nc1ccccc1CC(F)(F)F)C(=O)N1CCCC1CO. The van der Waals surface area contributed by atoms with Crippen molar-refractivity contribution in [2.75, 3.05) is 18.5 Å². The van der Waals surface area contributed by atoms with Crippen LogP contribution in [-0.2, 0) is 16.0 Å². The Morgan fingerprint density at radius 1 is 1.30 bits per heavy atom. The summed E-state index contributed by atoms with van der Waals surface area (Å²) in [6, 6.07) is 5.06. The molecule has 0 aliphatic carbocycles. The number of benzene rings is 1. The molecule has 0 radical (unpaired) electrons. The largest absolute Gasteiger partial charge is 0.394 e. The molecule has 5 nitrogen and oxygen atoms in total. The first-order chi connectivity index (χ1) is 10.8. The van der Waals surface area contributed by atoms with Gasteiger partial charge in [-0.15, -0.1) is 0 Å². The van der Waals surface area contributed by atoms with Crippen LogP contribution in [0, 0.1) is 0 Å². The Bertz CT molecular complexity index is 590. The van der Waals surface area contributed by atoms with Gasteiger partial charge in [0.1, 0.15) is 0 Å². The zero-order valence-electron chi connectivity index (χ0n) is 12.3. The molecular weight excluding hydrogens is 313 g/mol. The third-order valence-electron chi connectivity index (χ3n) is 3.70. The number of hydrogen-bond acceptors (Lipinski definition) is 3. The quantitative estimate of drug-likeness (QED) is 0.829. The maximum Gasteiger partial charge on any atom is 0.393 e. The smallest absolute Gasteiger partial charge is 0.393 e. The Labute approximate surface area is 131 Å². The average Bonchev–Trinajstić information content (AvgIpc) is 2.95. The highest BCUT2D eigenvalue weighted by Crippen LogP contribution is 2.26. The van der Waals surface area contributed by atoms with E-state index in [0.29, 0.717) is 19.4 Å². The molecule has 1 aromatic carbocycles.